The summed E-state index contributed by atoms with van der Waals surface area (Å²) < 4.78 is 1.46. The molecule has 0 spiro atoms. The third kappa shape index (κ3) is 1.76. The lowest BCUT2D eigenvalue weighted by Gasteiger charge is -2.06. The van der Waals surface area contributed by atoms with E-state index in [9.17, 15) is 4.79 Å². The van der Waals surface area contributed by atoms with Crippen molar-refractivity contribution in [2.24, 2.45) is 0 Å². The quantitative estimate of drug-likeness (QED) is 0.847. The van der Waals surface area contributed by atoms with E-state index in [2.05, 4.69) is 11.2 Å². The van der Waals surface area contributed by atoms with Crippen LogP contribution in [0.4, 0.5) is 0 Å². The normalized spacial score (nSPS) is 9.88. The van der Waals surface area contributed by atoms with E-state index in [0.29, 0.717) is 16.9 Å². The van der Waals surface area contributed by atoms with Crippen molar-refractivity contribution in [3.05, 3.63) is 47.3 Å². The van der Waals surface area contributed by atoms with Crippen LogP contribution in [-0.4, -0.2) is 20.9 Å². The smallest absolute Gasteiger partial charge is 0.339 e. The van der Waals surface area contributed by atoms with Gasteiger partial charge in [0.25, 0.3) is 0 Å². The lowest BCUT2D eigenvalue weighted by atomic mass is 10.2. The predicted molar refractivity (Wildman–Crippen MR) is 60.0 cm³/mol. The first-order chi connectivity index (χ1) is 8.15. The van der Waals surface area contributed by atoms with Crippen LogP contribution in [0.5, 0.6) is 0 Å². The van der Waals surface area contributed by atoms with Gasteiger partial charge < -0.3 is 5.11 Å². The van der Waals surface area contributed by atoms with Crippen molar-refractivity contribution in [1.82, 2.24) is 9.78 Å². The average Bonchev–Trinajstić information content (AvgIpc) is 2.71. The standard InChI is InChI=1S/C12H9N3O2/c1-8-10(12(16)17)7-14-15(8)11-5-3-2-4-9(11)6-13/h2-5,7H,1H3,(H,16,17). The molecule has 0 radical (unpaired) electrons. The number of nitriles is 1. The molecule has 2 rings (SSSR count). The zero-order chi connectivity index (χ0) is 12.4. The molecule has 5 heteroatoms. The number of aromatic nitrogens is 2. The molecule has 17 heavy (non-hydrogen) atoms. The third-order valence-electron chi connectivity index (χ3n) is 2.49. The Morgan fingerprint density at radius 2 is 2.18 bits per heavy atom. The maximum atomic E-state index is 10.9. The molecule has 2 aromatic rings. The molecule has 0 aliphatic heterocycles. The molecule has 84 valence electrons. The molecule has 0 bridgehead atoms. The highest BCUT2D eigenvalue weighted by Crippen LogP contribution is 2.17. The Kier molecular flexibility index (Phi) is 2.63. The van der Waals surface area contributed by atoms with Gasteiger partial charge in [-0.15, -0.1) is 0 Å². The molecule has 1 N–H and O–H groups in total. The van der Waals surface area contributed by atoms with Crippen LogP contribution in [-0.2, 0) is 0 Å². The summed E-state index contributed by atoms with van der Waals surface area (Å²) >= 11 is 0. The Balaban J connectivity index is 2.62. The second-order valence-electron chi connectivity index (χ2n) is 3.49. The maximum Gasteiger partial charge on any atom is 0.339 e. The fraction of sp³-hybridized carbons (Fsp3) is 0.0833. The summed E-state index contributed by atoms with van der Waals surface area (Å²) in [5.74, 6) is -1.02. The van der Waals surface area contributed by atoms with Crippen LogP contribution in [0.25, 0.3) is 5.69 Å². The van der Waals surface area contributed by atoms with Crippen molar-refractivity contribution in [2.75, 3.05) is 0 Å². The zero-order valence-corrected chi connectivity index (χ0v) is 9.08. The number of hydrogen-bond donors (Lipinski definition) is 1. The maximum absolute atomic E-state index is 10.9. The first kappa shape index (κ1) is 10.9. The summed E-state index contributed by atoms with van der Waals surface area (Å²) in [5, 5.41) is 21.9. The highest BCUT2D eigenvalue weighted by atomic mass is 16.4. The van der Waals surface area contributed by atoms with Crippen molar-refractivity contribution in [1.29, 1.82) is 5.26 Å². The lowest BCUT2D eigenvalue weighted by Crippen LogP contribution is -2.04. The van der Waals surface area contributed by atoms with Crippen LogP contribution in [0.2, 0.25) is 0 Å². The number of carbonyl (C=O) groups is 1. The number of hydrogen-bond acceptors (Lipinski definition) is 3. The van der Waals surface area contributed by atoms with Gasteiger partial charge in [0.05, 0.1) is 23.1 Å². The summed E-state index contributed by atoms with van der Waals surface area (Å²) in [6, 6.07) is 8.97. The minimum absolute atomic E-state index is 0.137. The fourth-order valence-corrected chi connectivity index (χ4v) is 1.62. The largest absolute Gasteiger partial charge is 0.478 e. The van der Waals surface area contributed by atoms with Crippen LogP contribution in [0.15, 0.2) is 30.5 Å². The van der Waals surface area contributed by atoms with E-state index in [-0.39, 0.29) is 5.56 Å². The highest BCUT2D eigenvalue weighted by molar-refractivity contribution is 5.88. The molecule has 0 fully saturated rings. The summed E-state index contributed by atoms with van der Waals surface area (Å²) in [6.45, 7) is 1.66. The summed E-state index contributed by atoms with van der Waals surface area (Å²) in [7, 11) is 0. The van der Waals surface area contributed by atoms with Crippen molar-refractivity contribution in [3.8, 4) is 11.8 Å². The van der Waals surface area contributed by atoms with Crippen molar-refractivity contribution in [2.45, 2.75) is 6.92 Å². The van der Waals surface area contributed by atoms with Crippen LogP contribution in [0.1, 0.15) is 21.6 Å². The molecule has 0 saturated heterocycles. The second kappa shape index (κ2) is 4.10. The number of benzene rings is 1. The lowest BCUT2D eigenvalue weighted by molar-refractivity contribution is 0.0696. The highest BCUT2D eigenvalue weighted by Gasteiger charge is 2.15. The van der Waals surface area contributed by atoms with E-state index in [1.807, 2.05) is 0 Å². The van der Waals surface area contributed by atoms with Crippen molar-refractivity contribution >= 4 is 5.97 Å². The number of rotatable bonds is 2. The van der Waals surface area contributed by atoms with E-state index in [0.717, 1.165) is 0 Å². The molecule has 1 heterocycles. The average molecular weight is 227 g/mol. The Morgan fingerprint density at radius 3 is 2.76 bits per heavy atom. The minimum atomic E-state index is -1.02. The first-order valence-electron chi connectivity index (χ1n) is 4.92. The van der Waals surface area contributed by atoms with E-state index < -0.39 is 5.97 Å². The van der Waals surface area contributed by atoms with E-state index in [1.165, 1.54) is 10.9 Å². The fourth-order valence-electron chi connectivity index (χ4n) is 1.62. The van der Waals surface area contributed by atoms with E-state index in [4.69, 9.17) is 10.4 Å². The molecule has 0 atom stereocenters. The predicted octanol–water partition coefficient (Wildman–Crippen LogP) is 1.75. The topological polar surface area (TPSA) is 78.9 Å². The third-order valence-corrected chi connectivity index (χ3v) is 2.49. The van der Waals surface area contributed by atoms with Crippen LogP contribution >= 0.6 is 0 Å². The monoisotopic (exact) mass is 227 g/mol. The Hall–Kier alpha value is -2.61. The number of para-hydroxylation sites is 1. The Labute approximate surface area is 97.5 Å². The van der Waals surface area contributed by atoms with Gasteiger partial charge in [-0.3, -0.25) is 0 Å². The number of aromatic carboxylic acids is 1. The van der Waals surface area contributed by atoms with Gasteiger partial charge >= 0.3 is 5.97 Å². The number of nitrogens with zero attached hydrogens (tertiary/aromatic N) is 3. The van der Waals surface area contributed by atoms with E-state index in [1.54, 1.807) is 31.2 Å². The molecule has 1 aromatic carbocycles. The summed E-state index contributed by atoms with van der Waals surface area (Å²) in [4.78, 5) is 10.9. The first-order valence-corrected chi connectivity index (χ1v) is 4.92. The van der Waals surface area contributed by atoms with Gasteiger partial charge in [-0.2, -0.15) is 10.4 Å². The summed E-state index contributed by atoms with van der Waals surface area (Å²) in [6.07, 6.45) is 1.28. The van der Waals surface area contributed by atoms with Gasteiger partial charge in [-0.1, -0.05) is 12.1 Å². The van der Waals surface area contributed by atoms with Crippen molar-refractivity contribution in [3.63, 3.8) is 0 Å². The Morgan fingerprint density at radius 1 is 1.47 bits per heavy atom. The van der Waals surface area contributed by atoms with Gasteiger partial charge in [0.15, 0.2) is 0 Å². The van der Waals surface area contributed by atoms with E-state index >= 15 is 0 Å². The number of carboxylic acids is 1. The van der Waals surface area contributed by atoms with Crippen LogP contribution in [0, 0.1) is 18.3 Å². The SMILES string of the molecule is Cc1c(C(=O)O)cnn1-c1ccccc1C#N. The molecule has 1 aromatic heterocycles. The van der Waals surface area contributed by atoms with Gasteiger partial charge in [0.1, 0.15) is 11.6 Å². The zero-order valence-electron chi connectivity index (χ0n) is 9.08. The molecule has 0 amide bonds. The van der Waals surface area contributed by atoms with Crippen molar-refractivity contribution < 1.29 is 9.90 Å². The van der Waals surface area contributed by atoms with Crippen LogP contribution in [0.3, 0.4) is 0 Å². The molecule has 0 aliphatic carbocycles. The minimum Gasteiger partial charge on any atom is -0.478 e. The molecule has 0 unspecified atom stereocenters. The molecule has 0 aliphatic rings. The molecule has 5 nitrogen and oxygen atoms in total. The van der Waals surface area contributed by atoms with Crippen LogP contribution < -0.4 is 0 Å². The van der Waals surface area contributed by atoms with Gasteiger partial charge in [-0.05, 0) is 19.1 Å². The summed E-state index contributed by atoms with van der Waals surface area (Å²) in [5.41, 5.74) is 1.67. The Bertz CT molecular complexity index is 623. The van der Waals surface area contributed by atoms with Gasteiger partial charge in [0, 0.05) is 0 Å². The molecule has 0 saturated carbocycles. The molecular formula is C12H9N3O2. The van der Waals surface area contributed by atoms with Gasteiger partial charge in [-0.25, -0.2) is 9.48 Å². The number of carboxylic acid groups (broad SMARTS) is 1. The molecular weight excluding hydrogens is 218 g/mol. The van der Waals surface area contributed by atoms with Gasteiger partial charge in [0.2, 0.25) is 0 Å². The second-order valence-corrected chi connectivity index (χ2v) is 3.49.